The maximum atomic E-state index is 13.2. The van der Waals surface area contributed by atoms with E-state index in [9.17, 15) is 14.7 Å². The number of hydrogen-bond donors (Lipinski definition) is 3. The molecule has 0 aliphatic carbocycles. The van der Waals surface area contributed by atoms with E-state index in [2.05, 4.69) is 37.6 Å². The number of aromatic nitrogens is 1. The lowest BCUT2D eigenvalue weighted by Gasteiger charge is -2.45. The van der Waals surface area contributed by atoms with Gasteiger partial charge in [0.05, 0.1) is 31.0 Å². The van der Waals surface area contributed by atoms with Gasteiger partial charge in [0, 0.05) is 56.2 Å². The number of rotatable bonds is 9. The molecular formula is C38H41N5O5. The van der Waals surface area contributed by atoms with Gasteiger partial charge < -0.3 is 35.0 Å². The normalized spacial score (nSPS) is 22.4. The molecule has 2 amide bonds. The summed E-state index contributed by atoms with van der Waals surface area (Å²) < 4.78 is 13.2. The lowest BCUT2D eigenvalue weighted by atomic mass is 9.85. The monoisotopic (exact) mass is 647 g/mol. The summed E-state index contributed by atoms with van der Waals surface area (Å²) in [5, 5.41) is 15.6. The number of para-hydroxylation sites is 1. The molecule has 248 valence electrons. The molecule has 4 heterocycles. The Hall–Kier alpha value is -4.61. The van der Waals surface area contributed by atoms with Crippen LogP contribution in [0.2, 0.25) is 0 Å². The molecule has 0 bridgehead atoms. The summed E-state index contributed by atoms with van der Waals surface area (Å²) in [7, 11) is 0. The maximum absolute atomic E-state index is 13.2. The highest BCUT2D eigenvalue weighted by molar-refractivity contribution is 5.94. The standard InChI is InChI=1S/C38H41N5O5/c44-25-28-10-12-29(13-11-28)34-21-33(24-42-19-16-38(17-20-42)37(46)41-26-43(38)32-6-2-1-3-7-32)47-36(48-34)30-14-8-27(9-15-30)22-40-35(45)31-5-4-18-39-23-31/h1-15,18,23,33-34,36,44H,16-17,19-22,24-26H2,(H,40,45)(H,41,46)/t33-,34+,36+/m0/s1. The van der Waals surface area contributed by atoms with Gasteiger partial charge >= 0.3 is 0 Å². The Kier molecular flexibility index (Phi) is 9.49. The first-order valence-electron chi connectivity index (χ1n) is 16.6. The second kappa shape index (κ2) is 14.2. The van der Waals surface area contributed by atoms with Crippen LogP contribution >= 0.6 is 0 Å². The molecule has 10 heteroatoms. The van der Waals surface area contributed by atoms with Gasteiger partial charge in [-0.2, -0.15) is 0 Å². The molecule has 3 aromatic carbocycles. The van der Waals surface area contributed by atoms with Crippen molar-refractivity contribution >= 4 is 17.5 Å². The molecule has 1 spiro atoms. The zero-order valence-corrected chi connectivity index (χ0v) is 26.8. The molecule has 10 nitrogen and oxygen atoms in total. The third kappa shape index (κ3) is 6.84. The van der Waals surface area contributed by atoms with Gasteiger partial charge in [0.2, 0.25) is 5.91 Å². The minimum atomic E-state index is -0.574. The van der Waals surface area contributed by atoms with Gasteiger partial charge in [0.25, 0.3) is 5.91 Å². The van der Waals surface area contributed by atoms with Crippen molar-refractivity contribution in [1.29, 1.82) is 0 Å². The number of amides is 2. The number of carbonyl (C=O) groups is 2. The molecule has 3 fully saturated rings. The summed E-state index contributed by atoms with van der Waals surface area (Å²) in [5.41, 5.74) is 4.81. The zero-order valence-electron chi connectivity index (χ0n) is 26.8. The van der Waals surface area contributed by atoms with E-state index in [0.717, 1.165) is 60.4 Å². The van der Waals surface area contributed by atoms with E-state index in [-0.39, 0.29) is 30.6 Å². The highest BCUT2D eigenvalue weighted by atomic mass is 16.7. The Bertz CT molecular complexity index is 1680. The minimum absolute atomic E-state index is 0.00855. The van der Waals surface area contributed by atoms with Crippen LogP contribution in [0.4, 0.5) is 5.69 Å². The Balaban J connectivity index is 1.03. The van der Waals surface area contributed by atoms with Crippen LogP contribution < -0.4 is 15.5 Å². The van der Waals surface area contributed by atoms with Crippen LogP contribution in [-0.2, 0) is 27.4 Å². The van der Waals surface area contributed by atoms with Gasteiger partial charge in [-0.25, -0.2) is 0 Å². The van der Waals surface area contributed by atoms with Crippen molar-refractivity contribution in [3.63, 3.8) is 0 Å². The Morgan fingerprint density at radius 3 is 2.35 bits per heavy atom. The summed E-state index contributed by atoms with van der Waals surface area (Å²) >= 11 is 0. The molecule has 4 aromatic rings. The summed E-state index contributed by atoms with van der Waals surface area (Å²) in [5.74, 6) is -0.0612. The second-order valence-corrected chi connectivity index (χ2v) is 12.8. The van der Waals surface area contributed by atoms with Gasteiger partial charge in [-0.1, -0.05) is 66.7 Å². The van der Waals surface area contributed by atoms with Crippen LogP contribution in [0.15, 0.2) is 103 Å². The van der Waals surface area contributed by atoms with Crippen molar-refractivity contribution in [3.05, 3.63) is 131 Å². The van der Waals surface area contributed by atoms with Gasteiger partial charge in [-0.15, -0.1) is 0 Å². The number of nitrogens with one attached hydrogen (secondary N) is 2. The third-order valence-electron chi connectivity index (χ3n) is 9.79. The Labute approximate surface area is 280 Å². The number of pyridine rings is 1. The number of piperidine rings is 1. The van der Waals surface area contributed by atoms with E-state index in [0.29, 0.717) is 25.2 Å². The highest BCUT2D eigenvalue weighted by Crippen LogP contribution is 2.40. The first kappa shape index (κ1) is 32.0. The fourth-order valence-corrected chi connectivity index (χ4v) is 7.03. The van der Waals surface area contributed by atoms with Crippen LogP contribution in [-0.4, -0.2) is 64.8 Å². The van der Waals surface area contributed by atoms with Crippen LogP contribution in [0.3, 0.4) is 0 Å². The molecule has 48 heavy (non-hydrogen) atoms. The Morgan fingerprint density at radius 2 is 1.65 bits per heavy atom. The van der Waals surface area contributed by atoms with Crippen molar-refractivity contribution in [2.24, 2.45) is 0 Å². The quantitative estimate of drug-likeness (QED) is 0.244. The summed E-state index contributed by atoms with van der Waals surface area (Å²) in [4.78, 5) is 34.3. The van der Waals surface area contributed by atoms with Gasteiger partial charge in [0.15, 0.2) is 6.29 Å². The van der Waals surface area contributed by atoms with Crippen LogP contribution in [0.1, 0.15) is 64.3 Å². The van der Waals surface area contributed by atoms with Crippen molar-refractivity contribution in [1.82, 2.24) is 20.5 Å². The first-order valence-corrected chi connectivity index (χ1v) is 16.6. The average Bonchev–Trinajstić information content (AvgIpc) is 3.46. The topological polar surface area (TPSA) is 116 Å². The predicted octanol–water partition coefficient (Wildman–Crippen LogP) is 4.48. The van der Waals surface area contributed by atoms with E-state index in [1.54, 1.807) is 24.5 Å². The predicted molar refractivity (Wildman–Crippen MR) is 181 cm³/mol. The van der Waals surface area contributed by atoms with E-state index in [1.165, 1.54) is 0 Å². The lowest BCUT2D eigenvalue weighted by molar-refractivity contribution is -0.253. The van der Waals surface area contributed by atoms with Gasteiger partial charge in [0.1, 0.15) is 5.54 Å². The van der Waals surface area contributed by atoms with Crippen LogP contribution in [0.5, 0.6) is 0 Å². The number of benzene rings is 3. The summed E-state index contributed by atoms with van der Waals surface area (Å²) in [6.07, 6.45) is 4.50. The molecule has 3 aliphatic heterocycles. The van der Waals surface area contributed by atoms with Gasteiger partial charge in [-0.05, 0) is 53.8 Å². The third-order valence-corrected chi connectivity index (χ3v) is 9.79. The highest BCUT2D eigenvalue weighted by Gasteiger charge is 2.50. The van der Waals surface area contributed by atoms with Crippen LogP contribution in [0, 0.1) is 0 Å². The fourth-order valence-electron chi connectivity index (χ4n) is 7.03. The lowest BCUT2D eigenvalue weighted by Crippen LogP contribution is -2.57. The van der Waals surface area contributed by atoms with Crippen molar-refractivity contribution in [3.8, 4) is 0 Å². The van der Waals surface area contributed by atoms with Crippen LogP contribution in [0.25, 0.3) is 0 Å². The van der Waals surface area contributed by atoms with E-state index in [1.807, 2.05) is 66.7 Å². The average molecular weight is 648 g/mol. The number of hydrogen-bond acceptors (Lipinski definition) is 8. The second-order valence-electron chi connectivity index (χ2n) is 12.8. The number of carbonyl (C=O) groups excluding carboxylic acids is 2. The molecule has 3 N–H and O–H groups in total. The number of likely N-dealkylation sites (tertiary alicyclic amines) is 1. The SMILES string of the molecule is O=C(NCc1ccc([C@@H]2O[C@H](CN3CCC4(CC3)C(=O)NCN4c3ccccc3)C[C@H](c3ccc(CO)cc3)O2)cc1)c1cccnc1. The van der Waals surface area contributed by atoms with E-state index < -0.39 is 11.8 Å². The first-order chi connectivity index (χ1) is 23.5. The number of anilines is 1. The largest absolute Gasteiger partial charge is 0.392 e. The van der Waals surface area contributed by atoms with E-state index in [4.69, 9.17) is 9.47 Å². The fraction of sp³-hybridized carbons (Fsp3) is 0.342. The van der Waals surface area contributed by atoms with Gasteiger partial charge in [-0.3, -0.25) is 14.6 Å². The number of aliphatic hydroxyl groups excluding tert-OH is 1. The molecule has 3 atom stereocenters. The molecule has 7 rings (SSSR count). The van der Waals surface area contributed by atoms with Crippen molar-refractivity contribution < 1.29 is 24.2 Å². The maximum Gasteiger partial charge on any atom is 0.253 e. The molecule has 0 saturated carbocycles. The van der Waals surface area contributed by atoms with Crippen molar-refractivity contribution in [2.45, 2.75) is 56.5 Å². The van der Waals surface area contributed by atoms with Crippen molar-refractivity contribution in [2.75, 3.05) is 31.2 Å². The Morgan fingerprint density at radius 1 is 0.917 bits per heavy atom. The molecule has 0 unspecified atom stereocenters. The number of aliphatic hydroxyl groups is 1. The molecule has 3 saturated heterocycles. The molecule has 1 aromatic heterocycles. The summed E-state index contributed by atoms with van der Waals surface area (Å²) in [6, 6.07) is 29.5. The number of ether oxygens (including phenoxy) is 2. The molecular weight excluding hydrogens is 606 g/mol. The number of nitrogens with zero attached hydrogens (tertiary/aromatic N) is 3. The van der Waals surface area contributed by atoms with E-state index >= 15 is 0 Å². The molecule has 0 radical (unpaired) electrons. The summed E-state index contributed by atoms with van der Waals surface area (Å²) in [6.45, 7) is 3.21. The molecule has 3 aliphatic rings. The smallest absolute Gasteiger partial charge is 0.253 e. The zero-order chi connectivity index (χ0) is 32.9. The minimum Gasteiger partial charge on any atom is -0.392 e.